The van der Waals surface area contributed by atoms with Gasteiger partial charge in [-0.3, -0.25) is 0 Å². The summed E-state index contributed by atoms with van der Waals surface area (Å²) in [4.78, 5) is -0.163. The molecule has 2 aromatic carbocycles. The van der Waals surface area contributed by atoms with Gasteiger partial charge in [-0.2, -0.15) is 0 Å². The highest BCUT2D eigenvalue weighted by molar-refractivity contribution is 7.89. The number of benzene rings is 2. The van der Waals surface area contributed by atoms with Crippen LogP contribution in [0.3, 0.4) is 0 Å². The minimum Gasteiger partial charge on any atom is -0.330 e. The highest BCUT2D eigenvalue weighted by Crippen LogP contribution is 2.45. The van der Waals surface area contributed by atoms with Crippen LogP contribution in [-0.4, -0.2) is 26.0 Å². The Hall–Kier alpha value is -2.31. The Bertz CT molecular complexity index is 2440. The lowest BCUT2D eigenvalue weighted by molar-refractivity contribution is 0.320. The largest absolute Gasteiger partial charge is 0.330 e. The average molecular weight is 965 g/mol. The fraction of sp³-hybridized carbons (Fsp3) is 0.600. The predicted octanol–water partition coefficient (Wildman–Crippen LogP) is 13.9. The van der Waals surface area contributed by atoms with Crippen molar-refractivity contribution in [2.45, 2.75) is 192 Å². The van der Waals surface area contributed by atoms with Crippen molar-refractivity contribution >= 4 is 54.8 Å². The Morgan fingerprint density at radius 3 is 1.22 bits per heavy atom. The molecule has 8 nitrogen and oxygen atoms in total. The standard InChI is InChI=1S/C25H36Cl2N2O2S.C25H37ClN2O2S/c1-24(2,3)18-12-17(13-19(14-18)25(4,5)6)21-20(26)22(32(28,30)31)23(27)29(21)15-16-10-8-7-9-11-16;1-24(2,3)19-12-18(13-20(14-19)25(4,5)6)21-15-22(31(27,29)30)23(26)28(21)16-17-10-8-7-9-11-17/h12-14,16H,7-11,15H2,1-6H3,(H2,28,30,31);12-15,17H,7-11,16H2,1-6H3,(H2,27,29,30). The van der Waals surface area contributed by atoms with E-state index in [9.17, 15) is 16.8 Å². The lowest BCUT2D eigenvalue weighted by atomic mass is 9.79. The van der Waals surface area contributed by atoms with Crippen LogP contribution in [0.15, 0.2) is 52.3 Å². The molecule has 350 valence electrons. The Kier molecular flexibility index (Phi) is 15.7. The summed E-state index contributed by atoms with van der Waals surface area (Å²) >= 11 is 20.1. The summed E-state index contributed by atoms with van der Waals surface area (Å²) in [6.07, 6.45) is 11.8. The van der Waals surface area contributed by atoms with Crippen LogP contribution in [0.25, 0.3) is 22.5 Å². The summed E-state index contributed by atoms with van der Waals surface area (Å²) in [7, 11) is -7.99. The average Bonchev–Trinajstić information content (AvgIpc) is 3.62. The zero-order chi connectivity index (χ0) is 47.2. The van der Waals surface area contributed by atoms with Crippen molar-refractivity contribution in [1.82, 2.24) is 9.13 Å². The molecule has 4 aromatic rings. The van der Waals surface area contributed by atoms with Gasteiger partial charge in [-0.1, -0.05) is 169 Å². The third-order valence-electron chi connectivity index (χ3n) is 12.9. The van der Waals surface area contributed by atoms with Crippen LogP contribution in [0, 0.1) is 11.8 Å². The number of nitrogens with zero attached hydrogens (tertiary/aromatic N) is 2. The van der Waals surface area contributed by atoms with Gasteiger partial charge in [0.2, 0.25) is 20.0 Å². The highest BCUT2D eigenvalue weighted by Gasteiger charge is 2.32. The normalized spacial score (nSPS) is 16.6. The maximum atomic E-state index is 12.4. The second-order valence-electron chi connectivity index (χ2n) is 22.4. The van der Waals surface area contributed by atoms with Crippen molar-refractivity contribution in [1.29, 1.82) is 0 Å². The summed E-state index contributed by atoms with van der Waals surface area (Å²) < 4.78 is 53.2. The summed E-state index contributed by atoms with van der Waals surface area (Å²) in [6, 6.07) is 14.7. The fourth-order valence-electron chi connectivity index (χ4n) is 8.88. The molecule has 63 heavy (non-hydrogen) atoms. The van der Waals surface area contributed by atoms with E-state index in [1.165, 1.54) is 49.7 Å². The van der Waals surface area contributed by atoms with E-state index < -0.39 is 20.0 Å². The molecule has 0 atom stereocenters. The van der Waals surface area contributed by atoms with Crippen molar-refractivity contribution in [2.24, 2.45) is 22.1 Å². The predicted molar refractivity (Wildman–Crippen MR) is 265 cm³/mol. The zero-order valence-electron chi connectivity index (χ0n) is 39.8. The lowest BCUT2D eigenvalue weighted by Gasteiger charge is -2.27. The van der Waals surface area contributed by atoms with Crippen molar-refractivity contribution in [3.63, 3.8) is 0 Å². The topological polar surface area (TPSA) is 130 Å². The monoisotopic (exact) mass is 962 g/mol. The van der Waals surface area contributed by atoms with Crippen molar-refractivity contribution < 1.29 is 16.8 Å². The third-order valence-corrected chi connectivity index (χ3v) is 16.3. The Balaban J connectivity index is 0.000000238. The van der Waals surface area contributed by atoms with Gasteiger partial charge in [-0.25, -0.2) is 27.1 Å². The van der Waals surface area contributed by atoms with Crippen LogP contribution >= 0.6 is 34.8 Å². The van der Waals surface area contributed by atoms with Crippen LogP contribution < -0.4 is 10.3 Å². The van der Waals surface area contributed by atoms with E-state index in [1.54, 1.807) is 6.07 Å². The molecule has 2 saturated carbocycles. The van der Waals surface area contributed by atoms with Crippen LogP contribution in [0.5, 0.6) is 0 Å². The quantitative estimate of drug-likeness (QED) is 0.182. The number of primary sulfonamides is 2. The second kappa shape index (κ2) is 19.1. The van der Waals surface area contributed by atoms with Gasteiger partial charge in [0.05, 0.1) is 16.4 Å². The van der Waals surface area contributed by atoms with E-state index in [0.29, 0.717) is 30.6 Å². The third kappa shape index (κ3) is 12.6. The summed E-state index contributed by atoms with van der Waals surface area (Å²) in [5.41, 5.74) is 7.84. The highest BCUT2D eigenvalue weighted by atomic mass is 35.5. The maximum Gasteiger partial charge on any atom is 0.242 e. The first kappa shape index (κ1) is 51.7. The molecule has 0 radical (unpaired) electrons. The molecule has 0 aliphatic heterocycles. The molecule has 0 spiro atoms. The lowest BCUT2D eigenvalue weighted by Crippen LogP contribution is -2.18. The van der Waals surface area contributed by atoms with Crippen molar-refractivity contribution in [3.05, 3.63) is 80.0 Å². The van der Waals surface area contributed by atoms with Crippen molar-refractivity contribution in [3.8, 4) is 22.5 Å². The first-order chi connectivity index (χ1) is 28.8. The minimum absolute atomic E-state index is 0.0125. The number of hydrogen-bond acceptors (Lipinski definition) is 4. The van der Waals surface area contributed by atoms with E-state index in [-0.39, 0.29) is 46.8 Å². The second-order valence-corrected chi connectivity index (χ2v) is 26.5. The van der Waals surface area contributed by atoms with Gasteiger partial charge in [0, 0.05) is 18.7 Å². The van der Waals surface area contributed by atoms with Crippen LogP contribution in [0.4, 0.5) is 0 Å². The molecule has 13 heteroatoms. The molecule has 4 N–H and O–H groups in total. The smallest absolute Gasteiger partial charge is 0.242 e. The van der Waals surface area contributed by atoms with Crippen LogP contribution in [0.2, 0.25) is 15.3 Å². The number of halogens is 3. The van der Waals surface area contributed by atoms with Gasteiger partial charge in [0.15, 0.2) is 0 Å². The number of nitrogens with two attached hydrogens (primary N) is 2. The summed E-state index contributed by atoms with van der Waals surface area (Å²) in [6.45, 7) is 27.6. The molecule has 2 heterocycles. The maximum absolute atomic E-state index is 12.4. The molecule has 0 unspecified atom stereocenters. The molecular formula is C50H73Cl3N4O4S2. The number of rotatable bonds is 8. The summed E-state index contributed by atoms with van der Waals surface area (Å²) in [5, 5.41) is 11.5. The Morgan fingerprint density at radius 2 is 0.873 bits per heavy atom. The molecule has 6 rings (SSSR count). The molecule has 2 aliphatic rings. The molecule has 2 aliphatic carbocycles. The molecule has 0 amide bonds. The SMILES string of the molecule is CC(C)(C)c1cc(-c2c(Cl)c(S(N)(=O)=O)c(Cl)n2CC2CCCCC2)cc(C(C)(C)C)c1.CC(C)(C)c1cc(-c2cc(S(N)(=O)=O)c(Cl)n2CC2CCCCC2)cc(C(C)(C)C)c1. The minimum atomic E-state index is -4.08. The number of sulfonamides is 2. The zero-order valence-corrected chi connectivity index (χ0v) is 43.7. The van der Waals surface area contributed by atoms with E-state index in [4.69, 9.17) is 45.1 Å². The first-order valence-electron chi connectivity index (χ1n) is 22.6. The first-order valence-corrected chi connectivity index (χ1v) is 26.9. The molecule has 0 bridgehead atoms. The molecule has 2 fully saturated rings. The van der Waals surface area contributed by atoms with Gasteiger partial charge >= 0.3 is 0 Å². The number of hydrogen-bond donors (Lipinski definition) is 2. The van der Waals surface area contributed by atoms with E-state index in [0.717, 1.165) is 53.6 Å². The van der Waals surface area contributed by atoms with E-state index in [1.807, 2.05) is 9.13 Å². The van der Waals surface area contributed by atoms with Gasteiger partial charge in [0.25, 0.3) is 0 Å². The van der Waals surface area contributed by atoms with Gasteiger partial charge in [0.1, 0.15) is 20.1 Å². The van der Waals surface area contributed by atoms with Gasteiger partial charge < -0.3 is 9.13 Å². The van der Waals surface area contributed by atoms with E-state index >= 15 is 0 Å². The van der Waals surface area contributed by atoms with Crippen molar-refractivity contribution in [2.75, 3.05) is 0 Å². The number of aromatic nitrogens is 2. The van der Waals surface area contributed by atoms with E-state index in [2.05, 4.69) is 119 Å². The molecular weight excluding hydrogens is 891 g/mol. The molecule has 2 aromatic heterocycles. The summed E-state index contributed by atoms with van der Waals surface area (Å²) in [5.74, 6) is 0.934. The van der Waals surface area contributed by atoms with Crippen LogP contribution in [0.1, 0.15) is 170 Å². The Labute approximate surface area is 394 Å². The van der Waals surface area contributed by atoms with Gasteiger partial charge in [-0.05, 0) is 117 Å². The Morgan fingerprint density at radius 1 is 0.508 bits per heavy atom. The van der Waals surface area contributed by atoms with Gasteiger partial charge in [-0.15, -0.1) is 0 Å². The fourth-order valence-corrected chi connectivity index (χ4v) is 12.0. The molecule has 0 saturated heterocycles. The van der Waals surface area contributed by atoms with Crippen LogP contribution in [-0.2, 0) is 54.8 Å².